The monoisotopic (exact) mass is 245 g/mol. The number of nitrogens with zero attached hydrogens (tertiary/aromatic N) is 3. The number of azide groups is 1. The summed E-state index contributed by atoms with van der Waals surface area (Å²) < 4.78 is 5.49. The Labute approximate surface area is 108 Å². The zero-order chi connectivity index (χ0) is 13.1. The van der Waals surface area contributed by atoms with Crippen molar-refractivity contribution in [1.29, 1.82) is 0 Å². The van der Waals surface area contributed by atoms with E-state index in [1.165, 1.54) is 16.7 Å². The molecule has 2 atom stereocenters. The third-order valence-electron chi connectivity index (χ3n) is 3.68. The maximum Gasteiger partial charge on any atom is 0.118 e. The second-order valence-corrected chi connectivity index (χ2v) is 4.95. The van der Waals surface area contributed by atoms with Crippen molar-refractivity contribution in [2.75, 3.05) is 7.11 Å². The van der Waals surface area contributed by atoms with Crippen LogP contribution < -0.4 is 0 Å². The Hall–Kier alpha value is -1.67. The lowest BCUT2D eigenvalue weighted by molar-refractivity contribution is 0.289. The smallest absolute Gasteiger partial charge is 0.118 e. The molecule has 0 amide bonds. The molecule has 0 bridgehead atoms. The van der Waals surface area contributed by atoms with Gasteiger partial charge in [0.25, 0.3) is 0 Å². The van der Waals surface area contributed by atoms with Crippen molar-refractivity contribution in [2.45, 2.75) is 39.2 Å². The molecule has 2 unspecified atom stereocenters. The summed E-state index contributed by atoms with van der Waals surface area (Å²) in [5.74, 6) is 1.33. The fraction of sp³-hybridized carbons (Fsp3) is 0.571. The molecule has 0 aromatic rings. The molecule has 0 radical (unpaired) electrons. The second kappa shape index (κ2) is 5.32. The van der Waals surface area contributed by atoms with E-state index < -0.39 is 0 Å². The normalized spacial score (nSPS) is 23.8. The number of hydrogen-bond donors (Lipinski definition) is 0. The lowest BCUT2D eigenvalue weighted by atomic mass is 9.88. The molecule has 18 heavy (non-hydrogen) atoms. The Bertz CT molecular complexity index is 481. The van der Waals surface area contributed by atoms with E-state index in [-0.39, 0.29) is 6.04 Å². The predicted molar refractivity (Wildman–Crippen MR) is 71.8 cm³/mol. The van der Waals surface area contributed by atoms with E-state index >= 15 is 0 Å². The number of allylic oxidation sites excluding steroid dienone is 5. The molecule has 0 N–H and O–H groups in total. The molecule has 0 saturated heterocycles. The van der Waals surface area contributed by atoms with Gasteiger partial charge in [-0.2, -0.15) is 0 Å². The molecule has 2 aliphatic carbocycles. The average molecular weight is 245 g/mol. The summed E-state index contributed by atoms with van der Waals surface area (Å²) in [6.45, 7) is 4.12. The first-order chi connectivity index (χ1) is 8.67. The second-order valence-electron chi connectivity index (χ2n) is 4.95. The first kappa shape index (κ1) is 12.8. The summed E-state index contributed by atoms with van der Waals surface area (Å²) in [5.41, 5.74) is 12.6. The highest BCUT2D eigenvalue weighted by atomic mass is 16.5. The molecule has 0 fully saturated rings. The van der Waals surface area contributed by atoms with Crippen LogP contribution in [0.3, 0.4) is 0 Å². The van der Waals surface area contributed by atoms with Crippen molar-refractivity contribution in [3.8, 4) is 0 Å². The minimum absolute atomic E-state index is 0.0101. The maximum atomic E-state index is 8.49. The molecule has 4 heteroatoms. The van der Waals surface area contributed by atoms with E-state index in [4.69, 9.17) is 10.3 Å². The lowest BCUT2D eigenvalue weighted by Gasteiger charge is -2.22. The molecule has 0 spiro atoms. The summed E-state index contributed by atoms with van der Waals surface area (Å²) in [7, 11) is 1.73. The summed E-state index contributed by atoms with van der Waals surface area (Å²) in [6.07, 6.45) is 7.44. The first-order valence-corrected chi connectivity index (χ1v) is 6.38. The topological polar surface area (TPSA) is 58.0 Å². The molecular weight excluding hydrogens is 226 g/mol. The van der Waals surface area contributed by atoms with Gasteiger partial charge in [0.1, 0.15) is 5.76 Å². The lowest BCUT2D eigenvalue weighted by Crippen LogP contribution is -2.12. The number of ether oxygens (including phenoxy) is 1. The van der Waals surface area contributed by atoms with Crippen LogP contribution in [0.4, 0.5) is 0 Å². The van der Waals surface area contributed by atoms with Gasteiger partial charge in [-0.3, -0.25) is 0 Å². The SMILES string of the molecule is COC1=CCCC2=C1C(CC(C)N=[N+]=[N-])C=C2C. The van der Waals surface area contributed by atoms with Gasteiger partial charge in [-0.25, -0.2) is 0 Å². The molecule has 2 rings (SSSR count). The van der Waals surface area contributed by atoms with Crippen molar-refractivity contribution in [3.63, 3.8) is 0 Å². The van der Waals surface area contributed by atoms with E-state index in [0.29, 0.717) is 5.92 Å². The Kier molecular flexibility index (Phi) is 3.78. The summed E-state index contributed by atoms with van der Waals surface area (Å²) in [6, 6.07) is 0.0101. The van der Waals surface area contributed by atoms with Gasteiger partial charge in [-0.05, 0) is 43.4 Å². The Morgan fingerprint density at radius 2 is 2.39 bits per heavy atom. The van der Waals surface area contributed by atoms with Gasteiger partial charge in [0.2, 0.25) is 0 Å². The van der Waals surface area contributed by atoms with Gasteiger partial charge < -0.3 is 4.74 Å². The van der Waals surface area contributed by atoms with Crippen LogP contribution >= 0.6 is 0 Å². The van der Waals surface area contributed by atoms with Gasteiger partial charge in [0, 0.05) is 22.4 Å². The van der Waals surface area contributed by atoms with Crippen molar-refractivity contribution in [1.82, 2.24) is 0 Å². The quantitative estimate of drug-likeness (QED) is 0.414. The summed E-state index contributed by atoms with van der Waals surface area (Å²) in [4.78, 5) is 2.88. The van der Waals surface area contributed by atoms with Crippen molar-refractivity contribution < 1.29 is 4.74 Å². The third-order valence-corrected chi connectivity index (χ3v) is 3.68. The average Bonchev–Trinajstić information content (AvgIpc) is 2.67. The van der Waals surface area contributed by atoms with E-state index in [0.717, 1.165) is 25.0 Å². The fourth-order valence-corrected chi connectivity index (χ4v) is 2.92. The zero-order valence-corrected chi connectivity index (χ0v) is 11.2. The molecular formula is C14H19N3O. The number of hydrogen-bond acceptors (Lipinski definition) is 2. The maximum absolute atomic E-state index is 8.49. The van der Waals surface area contributed by atoms with Crippen LogP contribution in [0.1, 0.15) is 33.1 Å². The van der Waals surface area contributed by atoms with Crippen LogP contribution in [0.25, 0.3) is 10.4 Å². The van der Waals surface area contributed by atoms with Crippen LogP contribution in [0.5, 0.6) is 0 Å². The van der Waals surface area contributed by atoms with Gasteiger partial charge in [0.15, 0.2) is 0 Å². The molecule has 2 aliphatic rings. The minimum atomic E-state index is 0.0101. The summed E-state index contributed by atoms with van der Waals surface area (Å²) in [5, 5.41) is 3.77. The molecule has 96 valence electrons. The van der Waals surface area contributed by atoms with Crippen LogP contribution in [0.2, 0.25) is 0 Å². The van der Waals surface area contributed by atoms with E-state index in [1.54, 1.807) is 7.11 Å². The highest BCUT2D eigenvalue weighted by molar-refractivity contribution is 5.52. The minimum Gasteiger partial charge on any atom is -0.497 e. The van der Waals surface area contributed by atoms with E-state index in [9.17, 15) is 0 Å². The number of methoxy groups -OCH3 is 1. The standard InChI is InChI=1S/C14H19N3O/c1-9-7-11(8-10(2)16-17-15)14-12(9)5-4-6-13(14)18-3/h6-7,10-11H,4-5,8H2,1-3H3. The van der Waals surface area contributed by atoms with Crippen LogP contribution in [0.15, 0.2) is 39.7 Å². The van der Waals surface area contributed by atoms with Crippen LogP contribution in [-0.4, -0.2) is 13.2 Å². The van der Waals surface area contributed by atoms with Crippen LogP contribution in [-0.2, 0) is 4.74 Å². The third kappa shape index (κ3) is 2.29. The Morgan fingerprint density at radius 3 is 3.06 bits per heavy atom. The predicted octanol–water partition coefficient (Wildman–Crippen LogP) is 4.27. The molecule has 0 aromatic heterocycles. The largest absolute Gasteiger partial charge is 0.497 e. The van der Waals surface area contributed by atoms with E-state index in [2.05, 4.69) is 29.1 Å². The van der Waals surface area contributed by atoms with Gasteiger partial charge in [-0.15, -0.1) is 0 Å². The highest BCUT2D eigenvalue weighted by Gasteiger charge is 2.30. The molecule has 4 nitrogen and oxygen atoms in total. The van der Waals surface area contributed by atoms with Gasteiger partial charge >= 0.3 is 0 Å². The highest BCUT2D eigenvalue weighted by Crippen LogP contribution is 2.43. The van der Waals surface area contributed by atoms with Crippen molar-refractivity contribution in [2.24, 2.45) is 11.0 Å². The van der Waals surface area contributed by atoms with Crippen molar-refractivity contribution in [3.05, 3.63) is 45.1 Å². The van der Waals surface area contributed by atoms with Crippen molar-refractivity contribution >= 4 is 0 Å². The summed E-state index contributed by atoms with van der Waals surface area (Å²) >= 11 is 0. The zero-order valence-electron chi connectivity index (χ0n) is 11.2. The van der Waals surface area contributed by atoms with Gasteiger partial charge in [-0.1, -0.05) is 23.7 Å². The fourth-order valence-electron chi connectivity index (χ4n) is 2.92. The van der Waals surface area contributed by atoms with Crippen LogP contribution in [0, 0.1) is 5.92 Å². The molecule has 0 saturated carbocycles. The Balaban J connectivity index is 2.25. The first-order valence-electron chi connectivity index (χ1n) is 6.38. The molecule has 0 aromatic carbocycles. The molecule has 0 aliphatic heterocycles. The molecule has 0 heterocycles. The number of rotatable bonds is 4. The van der Waals surface area contributed by atoms with Gasteiger partial charge in [0.05, 0.1) is 7.11 Å². The van der Waals surface area contributed by atoms with E-state index in [1.807, 2.05) is 6.92 Å². The Morgan fingerprint density at radius 1 is 1.61 bits per heavy atom.